The monoisotopic (exact) mass is 445 g/mol. The molecule has 4 rings (SSSR count). The van der Waals surface area contributed by atoms with Crippen LogP contribution >= 0.6 is 15.9 Å². The molecule has 0 saturated carbocycles. The van der Waals surface area contributed by atoms with Gasteiger partial charge < -0.3 is 4.90 Å². The van der Waals surface area contributed by atoms with Gasteiger partial charge in [0.1, 0.15) is 6.54 Å². The van der Waals surface area contributed by atoms with Crippen LogP contribution < -0.4 is 4.90 Å². The fraction of sp³-hybridized carbons (Fsp3) is 0.238. The van der Waals surface area contributed by atoms with E-state index in [1.165, 1.54) is 10.5 Å². The van der Waals surface area contributed by atoms with E-state index in [0.29, 0.717) is 18.0 Å². The molecule has 3 aromatic rings. The van der Waals surface area contributed by atoms with Gasteiger partial charge in [-0.3, -0.25) is 0 Å². The molecular weight excluding hydrogens is 424 g/mol. The number of rotatable bonds is 4. The Hall–Kier alpha value is -1.73. The lowest BCUT2D eigenvalue weighted by atomic mass is 10.1. The highest BCUT2D eigenvalue weighted by Gasteiger charge is 2.31. The van der Waals surface area contributed by atoms with Gasteiger partial charge in [-0.1, -0.05) is 70.5 Å². The van der Waals surface area contributed by atoms with Crippen LogP contribution in [0, 0.1) is 0 Å². The second-order valence-corrected chi connectivity index (χ2v) is 9.67. The van der Waals surface area contributed by atoms with E-state index in [0.717, 1.165) is 34.9 Å². The minimum atomic E-state index is -3.50. The number of fused-ring (bicyclic) bond motifs is 1. The van der Waals surface area contributed by atoms with Gasteiger partial charge in [0.05, 0.1) is 31.1 Å². The van der Waals surface area contributed by atoms with Crippen molar-refractivity contribution in [2.24, 2.45) is 0 Å². The van der Waals surface area contributed by atoms with Crippen molar-refractivity contribution in [3.05, 3.63) is 76.8 Å². The number of benzene rings is 3. The minimum Gasteiger partial charge on any atom is -0.329 e. The first kappa shape index (κ1) is 18.6. The molecule has 1 fully saturated rings. The summed E-state index contributed by atoms with van der Waals surface area (Å²) in [7, 11) is -3.50. The van der Waals surface area contributed by atoms with E-state index in [1.807, 2.05) is 48.5 Å². The van der Waals surface area contributed by atoms with Crippen LogP contribution in [0.2, 0.25) is 0 Å². The lowest BCUT2D eigenvalue weighted by Crippen LogP contribution is -3.13. The molecule has 0 spiro atoms. The molecule has 1 N–H and O–H groups in total. The summed E-state index contributed by atoms with van der Waals surface area (Å²) in [5, 5.41) is 1.69. The third-order valence-corrected chi connectivity index (χ3v) is 7.82. The molecule has 1 aliphatic rings. The van der Waals surface area contributed by atoms with Gasteiger partial charge >= 0.3 is 0 Å². The van der Waals surface area contributed by atoms with Crippen molar-refractivity contribution in [2.45, 2.75) is 11.4 Å². The average molecular weight is 446 g/mol. The first-order chi connectivity index (χ1) is 13.1. The molecule has 0 unspecified atom stereocenters. The largest absolute Gasteiger partial charge is 0.329 e. The summed E-state index contributed by atoms with van der Waals surface area (Å²) in [4.78, 5) is 1.82. The van der Waals surface area contributed by atoms with Crippen molar-refractivity contribution in [1.29, 1.82) is 0 Å². The van der Waals surface area contributed by atoms with Gasteiger partial charge in [-0.25, -0.2) is 8.42 Å². The van der Waals surface area contributed by atoms with Crippen LogP contribution in [0.1, 0.15) is 5.56 Å². The van der Waals surface area contributed by atoms with E-state index in [4.69, 9.17) is 0 Å². The molecule has 0 radical (unpaired) electrons. The molecule has 0 amide bonds. The second-order valence-electron chi connectivity index (χ2n) is 6.91. The van der Waals surface area contributed by atoms with Crippen LogP contribution in [-0.2, 0) is 16.6 Å². The molecule has 1 saturated heterocycles. The zero-order valence-electron chi connectivity index (χ0n) is 14.9. The van der Waals surface area contributed by atoms with Crippen LogP contribution in [0.3, 0.4) is 0 Å². The Bertz CT molecular complexity index is 1050. The molecule has 3 aromatic carbocycles. The molecule has 27 heavy (non-hydrogen) atoms. The van der Waals surface area contributed by atoms with Crippen LogP contribution in [0.4, 0.5) is 0 Å². The van der Waals surface area contributed by atoms with Gasteiger partial charge in [-0.2, -0.15) is 4.31 Å². The number of hydrogen-bond acceptors (Lipinski definition) is 2. The quantitative estimate of drug-likeness (QED) is 0.670. The van der Waals surface area contributed by atoms with Crippen molar-refractivity contribution >= 4 is 36.7 Å². The van der Waals surface area contributed by atoms with Crippen molar-refractivity contribution in [3.8, 4) is 0 Å². The van der Waals surface area contributed by atoms with Crippen molar-refractivity contribution in [1.82, 2.24) is 4.31 Å². The summed E-state index contributed by atoms with van der Waals surface area (Å²) in [5.41, 5.74) is 1.29. The molecule has 6 heteroatoms. The Kier molecular flexibility index (Phi) is 5.32. The summed E-state index contributed by atoms with van der Waals surface area (Å²) in [6, 6.07) is 21.6. The Balaban J connectivity index is 1.54. The van der Waals surface area contributed by atoms with Crippen LogP contribution in [-0.4, -0.2) is 38.9 Å². The van der Waals surface area contributed by atoms with Gasteiger partial charge in [0, 0.05) is 15.4 Å². The number of nitrogens with zero attached hydrogens (tertiary/aromatic N) is 1. The van der Waals surface area contributed by atoms with Gasteiger partial charge in [0.15, 0.2) is 0 Å². The number of piperazine rings is 1. The van der Waals surface area contributed by atoms with Crippen LogP contribution in [0.15, 0.2) is 76.1 Å². The van der Waals surface area contributed by atoms with Crippen LogP contribution in [0.5, 0.6) is 0 Å². The number of halogens is 1. The van der Waals surface area contributed by atoms with E-state index >= 15 is 0 Å². The SMILES string of the molecule is O=S(=O)(c1ccc(Br)c2ccccc12)N1CC[NH+](Cc2ccccc2)CC1. The van der Waals surface area contributed by atoms with E-state index in [-0.39, 0.29) is 0 Å². The molecule has 1 aliphatic heterocycles. The molecule has 140 valence electrons. The zero-order valence-corrected chi connectivity index (χ0v) is 17.3. The standard InChI is InChI=1S/C21H21BrN2O2S/c22-20-10-11-21(19-9-5-4-8-18(19)20)27(25,26)24-14-12-23(13-15-24)16-17-6-2-1-3-7-17/h1-11H,12-16H2/p+1. The summed E-state index contributed by atoms with van der Waals surface area (Å²) in [5.74, 6) is 0. The summed E-state index contributed by atoms with van der Waals surface area (Å²) < 4.78 is 29.1. The van der Waals surface area contributed by atoms with Gasteiger partial charge in [0.25, 0.3) is 0 Å². The number of nitrogens with one attached hydrogen (secondary N) is 1. The third-order valence-electron chi connectivity index (χ3n) is 5.18. The summed E-state index contributed by atoms with van der Waals surface area (Å²) in [6.07, 6.45) is 0. The van der Waals surface area contributed by atoms with Gasteiger partial charge in [-0.15, -0.1) is 0 Å². The zero-order chi connectivity index (χ0) is 18.9. The van der Waals surface area contributed by atoms with Crippen molar-refractivity contribution in [2.75, 3.05) is 26.2 Å². The predicted molar refractivity (Wildman–Crippen MR) is 111 cm³/mol. The summed E-state index contributed by atoms with van der Waals surface area (Å²) in [6.45, 7) is 3.69. The van der Waals surface area contributed by atoms with Gasteiger partial charge in [0.2, 0.25) is 10.0 Å². The van der Waals surface area contributed by atoms with Crippen molar-refractivity contribution < 1.29 is 13.3 Å². The van der Waals surface area contributed by atoms with Crippen molar-refractivity contribution in [3.63, 3.8) is 0 Å². The Morgan fingerprint density at radius 3 is 2.19 bits per heavy atom. The Morgan fingerprint density at radius 2 is 1.48 bits per heavy atom. The molecule has 4 nitrogen and oxygen atoms in total. The number of hydrogen-bond donors (Lipinski definition) is 1. The minimum absolute atomic E-state index is 0.396. The van der Waals surface area contributed by atoms with Gasteiger partial charge in [-0.05, 0) is 17.5 Å². The average Bonchev–Trinajstić information content (AvgIpc) is 2.69. The lowest BCUT2D eigenvalue weighted by molar-refractivity contribution is -0.917. The highest BCUT2D eigenvalue weighted by Crippen LogP contribution is 2.31. The third kappa shape index (κ3) is 3.80. The maximum Gasteiger partial charge on any atom is 0.244 e. The smallest absolute Gasteiger partial charge is 0.244 e. The Morgan fingerprint density at radius 1 is 0.852 bits per heavy atom. The lowest BCUT2D eigenvalue weighted by Gasteiger charge is -2.31. The molecule has 0 bridgehead atoms. The van der Waals surface area contributed by atoms with Crippen LogP contribution in [0.25, 0.3) is 10.8 Å². The fourth-order valence-corrected chi connectivity index (χ4v) is 5.82. The Labute approximate surface area is 168 Å². The first-order valence-electron chi connectivity index (χ1n) is 9.10. The van der Waals surface area contributed by atoms with E-state index in [9.17, 15) is 8.42 Å². The maximum absolute atomic E-state index is 13.3. The predicted octanol–water partition coefficient (Wildman–Crippen LogP) is 2.69. The number of quaternary nitrogens is 1. The molecule has 0 atom stereocenters. The fourth-order valence-electron chi connectivity index (χ4n) is 3.70. The number of sulfonamides is 1. The van der Waals surface area contributed by atoms with E-state index < -0.39 is 10.0 Å². The normalized spacial score (nSPS) is 16.6. The van der Waals surface area contributed by atoms with E-state index in [2.05, 4.69) is 28.1 Å². The first-order valence-corrected chi connectivity index (χ1v) is 11.3. The molecular formula is C21H22BrN2O2S+. The highest BCUT2D eigenvalue weighted by atomic mass is 79.9. The molecule has 1 heterocycles. The highest BCUT2D eigenvalue weighted by molar-refractivity contribution is 9.10. The second kappa shape index (κ2) is 7.72. The molecule has 0 aliphatic carbocycles. The van der Waals surface area contributed by atoms with E-state index in [1.54, 1.807) is 10.4 Å². The molecule has 0 aromatic heterocycles. The maximum atomic E-state index is 13.3. The topological polar surface area (TPSA) is 41.8 Å². The summed E-state index contributed by atoms with van der Waals surface area (Å²) >= 11 is 3.52.